The Bertz CT molecular complexity index is 685. The lowest BCUT2D eigenvalue weighted by Crippen LogP contribution is -2.14. The lowest BCUT2D eigenvalue weighted by molar-refractivity contribution is 0.102. The summed E-state index contributed by atoms with van der Waals surface area (Å²) < 4.78 is 26.4. The zero-order valence-corrected chi connectivity index (χ0v) is 11.0. The number of nitrogens with zero attached hydrogens (tertiary/aromatic N) is 2. The maximum atomic E-state index is 13.4. The van der Waals surface area contributed by atoms with E-state index < -0.39 is 23.1 Å². The number of oxime groups is 1. The Kier molecular flexibility index (Phi) is 4.04. The van der Waals surface area contributed by atoms with Crippen LogP contribution in [0.4, 0.5) is 13.9 Å². The van der Waals surface area contributed by atoms with Crippen molar-refractivity contribution in [2.75, 3.05) is 5.32 Å². The van der Waals surface area contributed by atoms with Crippen molar-refractivity contribution in [3.63, 3.8) is 0 Å². The summed E-state index contributed by atoms with van der Waals surface area (Å²) in [6.45, 7) is 1.53. The number of carbonyl (C=O) groups excluding carboxylic acids is 1. The molecule has 0 aliphatic carbocycles. The lowest BCUT2D eigenvalue weighted by Gasteiger charge is -2.03. The van der Waals surface area contributed by atoms with Gasteiger partial charge in [0.25, 0.3) is 5.91 Å². The van der Waals surface area contributed by atoms with E-state index in [0.717, 1.165) is 29.5 Å². The molecule has 2 N–H and O–H groups in total. The SMILES string of the molecule is CC(=NO)c1csc(NC(=O)c2cc(F)ccc2F)n1. The highest BCUT2D eigenvalue weighted by Crippen LogP contribution is 2.18. The number of benzene rings is 1. The summed E-state index contributed by atoms with van der Waals surface area (Å²) in [6.07, 6.45) is 0. The van der Waals surface area contributed by atoms with Crippen LogP contribution in [0.3, 0.4) is 0 Å². The zero-order chi connectivity index (χ0) is 14.7. The van der Waals surface area contributed by atoms with Crippen LogP contribution < -0.4 is 5.32 Å². The molecule has 0 saturated heterocycles. The second-order valence-electron chi connectivity index (χ2n) is 3.80. The Morgan fingerprint density at radius 2 is 2.20 bits per heavy atom. The molecule has 0 fully saturated rings. The van der Waals surface area contributed by atoms with Gasteiger partial charge >= 0.3 is 0 Å². The van der Waals surface area contributed by atoms with E-state index >= 15 is 0 Å². The predicted molar refractivity (Wildman–Crippen MR) is 70.4 cm³/mol. The van der Waals surface area contributed by atoms with Gasteiger partial charge in [-0.25, -0.2) is 13.8 Å². The monoisotopic (exact) mass is 297 g/mol. The van der Waals surface area contributed by atoms with Gasteiger partial charge in [-0.1, -0.05) is 5.16 Å². The van der Waals surface area contributed by atoms with Crippen LogP contribution in [0.15, 0.2) is 28.7 Å². The third kappa shape index (κ3) is 2.97. The van der Waals surface area contributed by atoms with Crippen LogP contribution in [-0.2, 0) is 0 Å². The van der Waals surface area contributed by atoms with Gasteiger partial charge in [-0.2, -0.15) is 0 Å². The quantitative estimate of drug-likeness (QED) is 0.519. The van der Waals surface area contributed by atoms with Crippen LogP contribution in [0.1, 0.15) is 23.0 Å². The van der Waals surface area contributed by atoms with Gasteiger partial charge in [0.15, 0.2) is 5.13 Å². The molecule has 1 aromatic carbocycles. The number of aromatic nitrogens is 1. The fourth-order valence-electron chi connectivity index (χ4n) is 1.38. The Morgan fingerprint density at radius 1 is 1.45 bits per heavy atom. The third-order valence-corrected chi connectivity index (χ3v) is 3.18. The van der Waals surface area contributed by atoms with E-state index in [9.17, 15) is 13.6 Å². The van der Waals surface area contributed by atoms with Gasteiger partial charge in [-0.15, -0.1) is 11.3 Å². The fourth-order valence-corrected chi connectivity index (χ4v) is 2.13. The fraction of sp³-hybridized carbons (Fsp3) is 0.0833. The Morgan fingerprint density at radius 3 is 2.90 bits per heavy atom. The number of carbonyl (C=O) groups is 1. The molecule has 0 aliphatic rings. The normalized spacial score (nSPS) is 11.4. The summed E-state index contributed by atoms with van der Waals surface area (Å²) >= 11 is 1.08. The van der Waals surface area contributed by atoms with Gasteiger partial charge in [0.1, 0.15) is 23.0 Å². The minimum absolute atomic E-state index is 0.191. The van der Waals surface area contributed by atoms with Crippen molar-refractivity contribution < 1.29 is 18.8 Å². The second kappa shape index (κ2) is 5.74. The molecule has 8 heteroatoms. The Balaban J connectivity index is 2.19. The molecule has 0 aliphatic heterocycles. The minimum atomic E-state index is -0.825. The number of halogens is 2. The molecular weight excluding hydrogens is 288 g/mol. The Labute approximate surface area is 116 Å². The largest absolute Gasteiger partial charge is 0.411 e. The van der Waals surface area contributed by atoms with E-state index in [2.05, 4.69) is 15.5 Å². The lowest BCUT2D eigenvalue weighted by atomic mass is 10.2. The van der Waals surface area contributed by atoms with E-state index in [-0.39, 0.29) is 10.8 Å². The number of thiazole rings is 1. The summed E-state index contributed by atoms with van der Waals surface area (Å²) in [6, 6.07) is 2.61. The van der Waals surface area contributed by atoms with Gasteiger partial charge in [0.2, 0.25) is 0 Å². The van der Waals surface area contributed by atoms with E-state index in [0.29, 0.717) is 5.69 Å². The molecule has 0 unspecified atom stereocenters. The zero-order valence-electron chi connectivity index (χ0n) is 10.2. The van der Waals surface area contributed by atoms with Gasteiger partial charge in [0.05, 0.1) is 5.56 Å². The van der Waals surface area contributed by atoms with Crippen LogP contribution in [0, 0.1) is 11.6 Å². The first-order valence-corrected chi connectivity index (χ1v) is 6.30. The number of rotatable bonds is 3. The average Bonchev–Trinajstić information content (AvgIpc) is 2.89. The average molecular weight is 297 g/mol. The van der Waals surface area contributed by atoms with Crippen molar-refractivity contribution in [1.29, 1.82) is 0 Å². The summed E-state index contributed by atoms with van der Waals surface area (Å²) in [5, 5.41) is 15.7. The molecule has 5 nitrogen and oxygen atoms in total. The first-order valence-electron chi connectivity index (χ1n) is 5.42. The van der Waals surface area contributed by atoms with Gasteiger partial charge in [-0.05, 0) is 25.1 Å². The molecule has 2 aromatic rings. The molecule has 20 heavy (non-hydrogen) atoms. The highest BCUT2D eigenvalue weighted by atomic mass is 32.1. The summed E-state index contributed by atoms with van der Waals surface area (Å²) in [5.74, 6) is -2.34. The summed E-state index contributed by atoms with van der Waals surface area (Å²) in [4.78, 5) is 15.8. The van der Waals surface area contributed by atoms with Crippen LogP contribution in [-0.4, -0.2) is 21.8 Å². The Hall–Kier alpha value is -2.35. The highest BCUT2D eigenvalue weighted by Gasteiger charge is 2.15. The molecule has 1 heterocycles. The molecule has 0 saturated carbocycles. The number of amides is 1. The van der Waals surface area contributed by atoms with E-state index in [4.69, 9.17) is 5.21 Å². The standard InChI is InChI=1S/C12H9F2N3O2S/c1-6(17-19)10-5-20-12(15-10)16-11(18)8-4-7(13)2-3-9(8)14/h2-5,19H,1H3,(H,15,16,18). The van der Waals surface area contributed by atoms with Crippen molar-refractivity contribution in [3.8, 4) is 0 Å². The maximum absolute atomic E-state index is 13.4. The van der Waals surface area contributed by atoms with Crippen molar-refractivity contribution in [2.45, 2.75) is 6.92 Å². The predicted octanol–water partition coefficient (Wildman–Crippen LogP) is 2.87. The molecule has 2 rings (SSSR count). The van der Waals surface area contributed by atoms with Crippen LogP contribution in [0.2, 0.25) is 0 Å². The highest BCUT2D eigenvalue weighted by molar-refractivity contribution is 7.14. The van der Waals surface area contributed by atoms with Crippen molar-refractivity contribution in [3.05, 3.63) is 46.5 Å². The van der Waals surface area contributed by atoms with E-state index in [1.54, 1.807) is 5.38 Å². The molecule has 0 radical (unpaired) electrons. The van der Waals surface area contributed by atoms with Gasteiger partial charge in [0, 0.05) is 5.38 Å². The van der Waals surface area contributed by atoms with E-state index in [1.165, 1.54) is 6.92 Å². The van der Waals surface area contributed by atoms with Crippen LogP contribution in [0.5, 0.6) is 0 Å². The van der Waals surface area contributed by atoms with Gasteiger partial charge < -0.3 is 5.21 Å². The second-order valence-corrected chi connectivity index (χ2v) is 4.66. The number of hydrogen-bond acceptors (Lipinski definition) is 5. The third-order valence-electron chi connectivity index (χ3n) is 2.42. The minimum Gasteiger partial charge on any atom is -0.411 e. The molecular formula is C12H9F2N3O2S. The molecule has 0 bridgehead atoms. The smallest absolute Gasteiger partial charge is 0.260 e. The number of anilines is 1. The van der Waals surface area contributed by atoms with Crippen LogP contribution in [0.25, 0.3) is 0 Å². The molecule has 0 spiro atoms. The summed E-state index contributed by atoms with van der Waals surface area (Å²) in [5.41, 5.74) is 0.250. The van der Waals surface area contributed by atoms with E-state index in [1.807, 2.05) is 0 Å². The molecule has 104 valence electrons. The topological polar surface area (TPSA) is 74.6 Å². The number of nitrogens with one attached hydrogen (secondary N) is 1. The first-order chi connectivity index (χ1) is 9.51. The van der Waals surface area contributed by atoms with Gasteiger partial charge in [-0.3, -0.25) is 10.1 Å². The molecule has 1 amide bonds. The maximum Gasteiger partial charge on any atom is 0.260 e. The molecule has 1 aromatic heterocycles. The molecule has 0 atom stereocenters. The van der Waals surface area contributed by atoms with Crippen molar-refractivity contribution in [1.82, 2.24) is 4.98 Å². The van der Waals surface area contributed by atoms with Crippen LogP contribution >= 0.6 is 11.3 Å². The van der Waals surface area contributed by atoms with Crippen molar-refractivity contribution >= 4 is 28.1 Å². The summed E-state index contributed by atoms with van der Waals surface area (Å²) in [7, 11) is 0. The number of hydrogen-bond donors (Lipinski definition) is 2. The first kappa shape index (κ1) is 14.1. The van der Waals surface area contributed by atoms with Crippen molar-refractivity contribution in [2.24, 2.45) is 5.16 Å².